The van der Waals surface area contributed by atoms with Crippen LogP contribution in [-0.4, -0.2) is 46.9 Å². The first-order chi connectivity index (χ1) is 14.2. The molecule has 1 amide bonds. The van der Waals surface area contributed by atoms with Crippen molar-refractivity contribution >= 4 is 17.0 Å². The highest BCUT2D eigenvalue weighted by Gasteiger charge is 2.34. The highest BCUT2D eigenvalue weighted by Crippen LogP contribution is 2.31. The minimum Gasteiger partial charge on any atom is -0.440 e. The summed E-state index contributed by atoms with van der Waals surface area (Å²) in [5.41, 5.74) is 2.76. The molecule has 1 aliphatic rings. The molecule has 0 saturated carbocycles. The number of benzene rings is 2. The van der Waals surface area contributed by atoms with Gasteiger partial charge >= 0.3 is 0 Å². The van der Waals surface area contributed by atoms with E-state index >= 15 is 0 Å². The zero-order valence-corrected chi connectivity index (χ0v) is 17.3. The maximum Gasteiger partial charge on any atom is 0.244 e. The van der Waals surface area contributed by atoms with Crippen molar-refractivity contribution in [2.45, 2.75) is 38.6 Å². The molecule has 1 aromatic heterocycles. The molecule has 0 bridgehead atoms. The highest BCUT2D eigenvalue weighted by molar-refractivity contribution is 5.83. The quantitative estimate of drug-likeness (QED) is 0.615. The second-order valence-electron chi connectivity index (χ2n) is 7.68. The predicted octanol–water partition coefficient (Wildman–Crippen LogP) is 4.62. The number of oxazole rings is 1. The van der Waals surface area contributed by atoms with Gasteiger partial charge in [0.2, 0.25) is 5.91 Å². The number of likely N-dealkylation sites (N-methyl/N-ethyl adjacent to an activating group) is 1. The van der Waals surface area contributed by atoms with Crippen LogP contribution in [0.2, 0.25) is 0 Å². The van der Waals surface area contributed by atoms with Crippen molar-refractivity contribution in [3.63, 3.8) is 0 Å². The first-order valence-electron chi connectivity index (χ1n) is 10.6. The fourth-order valence-corrected chi connectivity index (χ4v) is 4.35. The Bertz CT molecular complexity index is 916. The number of aromatic nitrogens is 1. The molecule has 4 rings (SSSR count). The summed E-state index contributed by atoms with van der Waals surface area (Å²) >= 11 is 0. The fraction of sp³-hybridized carbons (Fsp3) is 0.417. The van der Waals surface area contributed by atoms with Gasteiger partial charge in [-0.2, -0.15) is 0 Å². The summed E-state index contributed by atoms with van der Waals surface area (Å²) in [4.78, 5) is 22.6. The molecular weight excluding hydrogens is 362 g/mol. The van der Waals surface area contributed by atoms with E-state index < -0.39 is 0 Å². The Morgan fingerprint density at radius 1 is 1.14 bits per heavy atom. The summed E-state index contributed by atoms with van der Waals surface area (Å²) < 4.78 is 6.01. The van der Waals surface area contributed by atoms with E-state index in [9.17, 15) is 4.79 Å². The van der Waals surface area contributed by atoms with Gasteiger partial charge in [-0.3, -0.25) is 9.69 Å². The Labute approximate surface area is 172 Å². The lowest BCUT2D eigenvalue weighted by Crippen LogP contribution is -2.46. The van der Waals surface area contributed by atoms with Crippen molar-refractivity contribution in [3.8, 4) is 0 Å². The number of fused-ring (bicyclic) bond motifs is 1. The average molecular weight is 392 g/mol. The third-order valence-electron chi connectivity index (χ3n) is 5.92. The summed E-state index contributed by atoms with van der Waals surface area (Å²) in [7, 11) is 0. The molecule has 29 heavy (non-hydrogen) atoms. The van der Waals surface area contributed by atoms with Gasteiger partial charge in [-0.05, 0) is 43.6 Å². The van der Waals surface area contributed by atoms with Crippen LogP contribution in [0.5, 0.6) is 0 Å². The van der Waals surface area contributed by atoms with Crippen LogP contribution in [0.1, 0.15) is 50.1 Å². The molecule has 0 aliphatic carbocycles. The third kappa shape index (κ3) is 4.06. The van der Waals surface area contributed by atoms with Crippen molar-refractivity contribution in [3.05, 3.63) is 66.1 Å². The van der Waals surface area contributed by atoms with Crippen molar-refractivity contribution in [1.82, 2.24) is 14.8 Å². The molecule has 0 radical (unpaired) electrons. The summed E-state index contributed by atoms with van der Waals surface area (Å²) in [5, 5.41) is 0. The standard InChI is InChI=1S/C24H29N3O2/c1-3-26(4-2)22(18-11-6-5-7-12-18)24(28)27-16-10-13-19(17-27)23-25-20-14-8-9-15-21(20)29-23/h5-9,11-12,14-15,19,22H,3-4,10,13,16-17H2,1-2H3. The van der Waals surface area contributed by atoms with Gasteiger partial charge in [0, 0.05) is 13.1 Å². The van der Waals surface area contributed by atoms with Gasteiger partial charge in [0.25, 0.3) is 0 Å². The van der Waals surface area contributed by atoms with E-state index in [1.165, 1.54) is 0 Å². The SMILES string of the molecule is CCN(CC)C(C(=O)N1CCCC(c2nc3ccccc3o2)C1)c1ccccc1. The highest BCUT2D eigenvalue weighted by atomic mass is 16.3. The van der Waals surface area contributed by atoms with E-state index in [2.05, 4.69) is 35.9 Å². The molecule has 1 aliphatic heterocycles. The molecule has 3 aromatic rings. The molecule has 152 valence electrons. The van der Waals surface area contributed by atoms with Gasteiger partial charge in [-0.1, -0.05) is 56.3 Å². The zero-order valence-electron chi connectivity index (χ0n) is 17.3. The van der Waals surface area contributed by atoms with Crippen LogP contribution in [0.15, 0.2) is 59.0 Å². The number of nitrogens with zero attached hydrogens (tertiary/aromatic N) is 3. The summed E-state index contributed by atoms with van der Waals surface area (Å²) in [5.74, 6) is 1.08. The molecule has 1 saturated heterocycles. The van der Waals surface area contributed by atoms with E-state index in [-0.39, 0.29) is 17.9 Å². The first-order valence-corrected chi connectivity index (χ1v) is 10.6. The monoisotopic (exact) mass is 391 g/mol. The van der Waals surface area contributed by atoms with Crippen LogP contribution < -0.4 is 0 Å². The smallest absolute Gasteiger partial charge is 0.244 e. The number of carbonyl (C=O) groups excluding carboxylic acids is 1. The predicted molar refractivity (Wildman–Crippen MR) is 115 cm³/mol. The number of hydrogen-bond donors (Lipinski definition) is 0. The Balaban J connectivity index is 1.57. The van der Waals surface area contributed by atoms with Crippen LogP contribution in [0.4, 0.5) is 0 Å². The van der Waals surface area contributed by atoms with Crippen molar-refractivity contribution < 1.29 is 9.21 Å². The molecule has 1 fully saturated rings. The number of amides is 1. The summed E-state index contributed by atoms with van der Waals surface area (Å²) in [6, 6.07) is 17.7. The molecule has 5 heteroatoms. The van der Waals surface area contributed by atoms with Gasteiger partial charge in [0.1, 0.15) is 11.6 Å². The number of likely N-dealkylation sites (tertiary alicyclic amines) is 1. The van der Waals surface area contributed by atoms with Crippen LogP contribution in [0.3, 0.4) is 0 Å². The number of carbonyl (C=O) groups is 1. The summed E-state index contributed by atoms with van der Waals surface area (Å²) in [6.07, 6.45) is 1.97. The maximum absolute atomic E-state index is 13.6. The van der Waals surface area contributed by atoms with Gasteiger partial charge in [0.05, 0.1) is 5.92 Å². The zero-order chi connectivity index (χ0) is 20.2. The van der Waals surface area contributed by atoms with E-state index in [1.54, 1.807) is 0 Å². The lowest BCUT2D eigenvalue weighted by molar-refractivity contribution is -0.138. The van der Waals surface area contributed by atoms with Gasteiger partial charge in [-0.15, -0.1) is 0 Å². The topological polar surface area (TPSA) is 49.6 Å². The molecule has 5 nitrogen and oxygen atoms in total. The fourth-order valence-electron chi connectivity index (χ4n) is 4.35. The number of para-hydroxylation sites is 2. The van der Waals surface area contributed by atoms with E-state index in [1.807, 2.05) is 47.4 Å². The second-order valence-corrected chi connectivity index (χ2v) is 7.68. The molecule has 2 unspecified atom stereocenters. The van der Waals surface area contributed by atoms with E-state index in [0.717, 1.165) is 55.0 Å². The van der Waals surface area contributed by atoms with Crippen LogP contribution in [-0.2, 0) is 4.79 Å². The third-order valence-corrected chi connectivity index (χ3v) is 5.92. The van der Waals surface area contributed by atoms with E-state index in [0.29, 0.717) is 6.54 Å². The van der Waals surface area contributed by atoms with Crippen molar-refractivity contribution in [2.24, 2.45) is 0 Å². The number of rotatable bonds is 6. The maximum atomic E-state index is 13.6. The summed E-state index contributed by atoms with van der Waals surface area (Å²) in [6.45, 7) is 7.36. The number of piperidine rings is 1. The molecule has 0 N–H and O–H groups in total. The second kappa shape index (κ2) is 8.78. The molecule has 2 atom stereocenters. The Morgan fingerprint density at radius 2 is 1.86 bits per heavy atom. The molecule has 0 spiro atoms. The minimum atomic E-state index is -0.242. The van der Waals surface area contributed by atoms with Crippen molar-refractivity contribution in [1.29, 1.82) is 0 Å². The van der Waals surface area contributed by atoms with Crippen LogP contribution in [0.25, 0.3) is 11.1 Å². The van der Waals surface area contributed by atoms with Crippen LogP contribution >= 0.6 is 0 Å². The minimum absolute atomic E-state index is 0.147. The van der Waals surface area contributed by atoms with Crippen LogP contribution in [0, 0.1) is 0 Å². The Kier molecular flexibility index (Phi) is 5.95. The molecular formula is C24H29N3O2. The van der Waals surface area contributed by atoms with Gasteiger partial charge in [0.15, 0.2) is 11.5 Å². The van der Waals surface area contributed by atoms with Gasteiger partial charge in [-0.25, -0.2) is 4.98 Å². The number of hydrogen-bond acceptors (Lipinski definition) is 4. The lowest BCUT2D eigenvalue weighted by atomic mass is 9.96. The Morgan fingerprint density at radius 3 is 2.59 bits per heavy atom. The Hall–Kier alpha value is -2.66. The lowest BCUT2D eigenvalue weighted by Gasteiger charge is -2.37. The normalized spacial score (nSPS) is 18.3. The average Bonchev–Trinajstić information content (AvgIpc) is 3.22. The first kappa shape index (κ1) is 19.6. The van der Waals surface area contributed by atoms with Crippen molar-refractivity contribution in [2.75, 3.05) is 26.2 Å². The molecule has 2 aromatic carbocycles. The largest absolute Gasteiger partial charge is 0.440 e. The van der Waals surface area contributed by atoms with Gasteiger partial charge < -0.3 is 9.32 Å². The molecule has 2 heterocycles. The van der Waals surface area contributed by atoms with E-state index in [4.69, 9.17) is 4.42 Å².